The van der Waals surface area contributed by atoms with Gasteiger partial charge in [0, 0.05) is 56.6 Å². The van der Waals surface area contributed by atoms with E-state index in [2.05, 4.69) is 55.3 Å². The van der Waals surface area contributed by atoms with E-state index in [1.807, 2.05) is 12.4 Å². The summed E-state index contributed by atoms with van der Waals surface area (Å²) >= 11 is 0. The number of hydrogen-bond donors (Lipinski definition) is 2. The Labute approximate surface area is 158 Å². The maximum absolute atomic E-state index is 11.6. The lowest BCUT2D eigenvalue weighted by Crippen LogP contribution is -2.39. The quantitative estimate of drug-likeness (QED) is 0.670. The Bertz CT molecular complexity index is 916. The summed E-state index contributed by atoms with van der Waals surface area (Å²) in [7, 11) is 1.53. The summed E-state index contributed by atoms with van der Waals surface area (Å²) in [6, 6.07) is 10.9. The zero-order chi connectivity index (χ0) is 18.6. The second-order valence-corrected chi connectivity index (χ2v) is 7.02. The summed E-state index contributed by atoms with van der Waals surface area (Å²) < 4.78 is 6.97. The molecule has 142 valence electrons. The first-order chi connectivity index (χ1) is 13.2. The highest BCUT2D eigenvalue weighted by Gasteiger charge is 2.25. The predicted molar refractivity (Wildman–Crippen MR) is 103 cm³/mol. The zero-order valence-corrected chi connectivity index (χ0v) is 15.5. The fourth-order valence-corrected chi connectivity index (χ4v) is 3.89. The van der Waals surface area contributed by atoms with Gasteiger partial charge >= 0.3 is 0 Å². The molecule has 1 aromatic carbocycles. The van der Waals surface area contributed by atoms with Crippen LogP contribution in [0.3, 0.4) is 0 Å². The summed E-state index contributed by atoms with van der Waals surface area (Å²) in [6.07, 6.45) is 4.70. The molecular weight excluding hydrogens is 342 g/mol. The predicted octanol–water partition coefficient (Wildman–Crippen LogP) is 2.07. The zero-order valence-electron chi connectivity index (χ0n) is 15.5. The van der Waals surface area contributed by atoms with Crippen molar-refractivity contribution in [2.45, 2.75) is 25.6 Å². The molecule has 4 rings (SSSR count). The molecule has 1 atom stereocenters. The maximum Gasteiger partial charge on any atom is 0.245 e. The Morgan fingerprint density at radius 2 is 2.30 bits per heavy atom. The van der Waals surface area contributed by atoms with Crippen LogP contribution in [-0.2, 0) is 22.6 Å². The van der Waals surface area contributed by atoms with Crippen LogP contribution in [0.25, 0.3) is 10.9 Å². The third-order valence-corrected chi connectivity index (χ3v) is 5.11. The van der Waals surface area contributed by atoms with Gasteiger partial charge in [-0.2, -0.15) is 5.10 Å². The molecule has 3 aromatic rings. The fourth-order valence-electron chi connectivity index (χ4n) is 3.89. The minimum Gasteiger partial charge on any atom is -0.375 e. The van der Waals surface area contributed by atoms with E-state index in [0.717, 1.165) is 26.1 Å². The van der Waals surface area contributed by atoms with Crippen molar-refractivity contribution >= 4 is 16.8 Å². The van der Waals surface area contributed by atoms with Gasteiger partial charge in [-0.05, 0) is 30.2 Å². The van der Waals surface area contributed by atoms with Crippen molar-refractivity contribution in [3.05, 3.63) is 54.0 Å². The first kappa shape index (κ1) is 17.8. The van der Waals surface area contributed by atoms with Gasteiger partial charge in [-0.3, -0.25) is 14.4 Å². The van der Waals surface area contributed by atoms with Gasteiger partial charge in [0.2, 0.25) is 5.91 Å². The molecule has 0 aliphatic carbocycles. The lowest BCUT2D eigenvalue weighted by Gasteiger charge is -2.34. The van der Waals surface area contributed by atoms with E-state index in [0.29, 0.717) is 6.54 Å². The minimum atomic E-state index is -0.0787. The Kier molecular flexibility index (Phi) is 5.22. The number of benzene rings is 1. The first-order valence-corrected chi connectivity index (χ1v) is 9.30. The number of fused-ring (bicyclic) bond motifs is 2. The first-order valence-electron chi connectivity index (χ1n) is 9.30. The molecule has 0 spiro atoms. The highest BCUT2D eigenvalue weighted by Crippen LogP contribution is 2.26. The number of carbonyl (C=O) groups is 1. The molecule has 2 N–H and O–H groups in total. The Morgan fingerprint density at radius 3 is 3.19 bits per heavy atom. The number of ether oxygens (including phenoxy) is 1. The molecule has 0 saturated heterocycles. The van der Waals surface area contributed by atoms with Crippen molar-refractivity contribution in [2.75, 3.05) is 26.8 Å². The van der Waals surface area contributed by atoms with E-state index in [-0.39, 0.29) is 18.6 Å². The van der Waals surface area contributed by atoms with Crippen LogP contribution in [-0.4, -0.2) is 52.4 Å². The number of aromatic amines is 1. The summed E-state index contributed by atoms with van der Waals surface area (Å²) in [5.74, 6) is -0.0787. The Morgan fingerprint density at radius 1 is 1.37 bits per heavy atom. The van der Waals surface area contributed by atoms with E-state index in [1.165, 1.54) is 29.3 Å². The topological polar surface area (TPSA) is 75.2 Å². The molecule has 7 heteroatoms. The van der Waals surface area contributed by atoms with E-state index in [4.69, 9.17) is 4.74 Å². The molecule has 1 aliphatic rings. The van der Waals surface area contributed by atoms with Crippen LogP contribution in [0.5, 0.6) is 0 Å². The number of aromatic nitrogens is 3. The molecule has 3 heterocycles. The van der Waals surface area contributed by atoms with Crippen molar-refractivity contribution in [1.82, 2.24) is 25.0 Å². The lowest BCUT2D eigenvalue weighted by molar-refractivity contribution is -0.124. The smallest absolute Gasteiger partial charge is 0.245 e. The molecule has 27 heavy (non-hydrogen) atoms. The Balaban J connectivity index is 1.45. The van der Waals surface area contributed by atoms with E-state index in [1.54, 1.807) is 0 Å². The average molecular weight is 367 g/mol. The number of nitrogens with one attached hydrogen (secondary N) is 2. The number of hydrogen-bond acceptors (Lipinski definition) is 4. The number of carbonyl (C=O) groups excluding carboxylic acids is 1. The third-order valence-electron chi connectivity index (χ3n) is 5.11. The van der Waals surface area contributed by atoms with Crippen molar-refractivity contribution in [2.24, 2.45) is 0 Å². The van der Waals surface area contributed by atoms with E-state index >= 15 is 0 Å². The summed E-state index contributed by atoms with van der Waals surface area (Å²) in [5, 5.41) is 8.69. The van der Waals surface area contributed by atoms with E-state index in [9.17, 15) is 4.79 Å². The monoisotopic (exact) mass is 367 g/mol. The number of H-pyrrole nitrogens is 1. The van der Waals surface area contributed by atoms with Gasteiger partial charge in [0.25, 0.3) is 0 Å². The molecular formula is C20H25N5O2. The second-order valence-electron chi connectivity index (χ2n) is 7.02. The number of amides is 1. The SMILES string of the molecule is COCC(=O)NCC[C@@H]1CN(Cc2cccc3[nH]ccc23)Cc2ccnn21. The number of nitrogens with zero attached hydrogens (tertiary/aromatic N) is 3. The van der Waals surface area contributed by atoms with Crippen LogP contribution in [0.2, 0.25) is 0 Å². The molecule has 2 aromatic heterocycles. The Hall–Kier alpha value is -2.64. The largest absolute Gasteiger partial charge is 0.375 e. The molecule has 0 unspecified atom stereocenters. The minimum absolute atomic E-state index is 0.0787. The van der Waals surface area contributed by atoms with Crippen LogP contribution < -0.4 is 5.32 Å². The van der Waals surface area contributed by atoms with Crippen molar-refractivity contribution in [3.8, 4) is 0 Å². The fraction of sp³-hybridized carbons (Fsp3) is 0.400. The van der Waals surface area contributed by atoms with E-state index < -0.39 is 0 Å². The average Bonchev–Trinajstić information content (AvgIpc) is 3.31. The normalized spacial score (nSPS) is 17.1. The number of rotatable bonds is 7. The van der Waals surface area contributed by atoms with Crippen molar-refractivity contribution < 1.29 is 9.53 Å². The van der Waals surface area contributed by atoms with Gasteiger partial charge in [-0.15, -0.1) is 0 Å². The molecule has 1 aliphatic heterocycles. The van der Waals surface area contributed by atoms with Crippen molar-refractivity contribution in [1.29, 1.82) is 0 Å². The van der Waals surface area contributed by atoms with Gasteiger partial charge in [-0.25, -0.2) is 0 Å². The summed E-state index contributed by atoms with van der Waals surface area (Å²) in [4.78, 5) is 17.4. The number of methoxy groups -OCH3 is 1. The summed E-state index contributed by atoms with van der Waals surface area (Å²) in [5.41, 5.74) is 3.72. The third kappa shape index (κ3) is 3.89. The molecule has 7 nitrogen and oxygen atoms in total. The molecule has 1 amide bonds. The van der Waals surface area contributed by atoms with Gasteiger partial charge in [0.05, 0.1) is 11.7 Å². The molecule has 0 saturated carbocycles. The molecule has 0 radical (unpaired) electrons. The lowest BCUT2D eigenvalue weighted by atomic mass is 10.1. The van der Waals surface area contributed by atoms with Crippen LogP contribution in [0, 0.1) is 0 Å². The van der Waals surface area contributed by atoms with Crippen LogP contribution >= 0.6 is 0 Å². The van der Waals surface area contributed by atoms with Crippen LogP contribution in [0.1, 0.15) is 23.7 Å². The van der Waals surface area contributed by atoms with Gasteiger partial charge in [0.15, 0.2) is 0 Å². The molecule has 0 fully saturated rings. The highest BCUT2D eigenvalue weighted by atomic mass is 16.5. The van der Waals surface area contributed by atoms with Gasteiger partial charge in [0.1, 0.15) is 6.61 Å². The highest BCUT2D eigenvalue weighted by molar-refractivity contribution is 5.82. The van der Waals surface area contributed by atoms with Crippen LogP contribution in [0.4, 0.5) is 0 Å². The second kappa shape index (κ2) is 7.94. The summed E-state index contributed by atoms with van der Waals surface area (Å²) in [6.45, 7) is 3.41. The van der Waals surface area contributed by atoms with Gasteiger partial charge < -0.3 is 15.0 Å². The van der Waals surface area contributed by atoms with Crippen molar-refractivity contribution in [3.63, 3.8) is 0 Å². The molecule has 0 bridgehead atoms. The standard InChI is InChI=1S/C20H25N5O2/c1-27-14-20(26)22-8-5-16-12-24(13-17-6-10-23-25(16)17)11-15-3-2-4-19-18(15)7-9-21-19/h2-4,6-7,9-10,16,21H,5,8,11-14H2,1H3,(H,22,26)/t16-/m1/s1. The maximum atomic E-state index is 11.6. The van der Waals surface area contributed by atoms with Gasteiger partial charge in [-0.1, -0.05) is 12.1 Å². The van der Waals surface area contributed by atoms with Crippen LogP contribution in [0.15, 0.2) is 42.7 Å².